The molecule has 4 aromatic rings. The van der Waals surface area contributed by atoms with Crippen LogP contribution in [0.5, 0.6) is 5.75 Å². The second-order valence-electron chi connectivity index (χ2n) is 9.27. The van der Waals surface area contributed by atoms with Gasteiger partial charge in [0, 0.05) is 12.1 Å². The van der Waals surface area contributed by atoms with E-state index in [2.05, 4.69) is 6.92 Å². The molecule has 0 fully saturated rings. The minimum absolute atomic E-state index is 0.0373. The summed E-state index contributed by atoms with van der Waals surface area (Å²) < 4.78 is 6.99. The summed E-state index contributed by atoms with van der Waals surface area (Å²) in [5.74, 6) is 1.23. The van der Waals surface area contributed by atoms with Crippen molar-refractivity contribution in [3.05, 3.63) is 100 Å². The number of benzene rings is 3. The fraction of sp³-hybridized carbons (Fsp3) is 0.323. The van der Waals surface area contributed by atoms with Crippen LogP contribution in [-0.2, 0) is 0 Å². The normalized spacial score (nSPS) is 11.9. The molecule has 0 aliphatic rings. The molecule has 1 amide bonds. The van der Waals surface area contributed by atoms with Gasteiger partial charge in [0.2, 0.25) is 0 Å². The molecule has 0 radical (unpaired) electrons. The van der Waals surface area contributed by atoms with Gasteiger partial charge in [-0.15, -0.1) is 0 Å². The second-order valence-corrected chi connectivity index (χ2v) is 9.27. The van der Waals surface area contributed by atoms with E-state index < -0.39 is 0 Å². The van der Waals surface area contributed by atoms with Crippen LogP contribution in [0.1, 0.15) is 67.3 Å². The Labute approximate surface area is 218 Å². The summed E-state index contributed by atoms with van der Waals surface area (Å²) in [6, 6.07) is 22.1. The SMILES string of the molecule is CCCCCN(C(=O)c1ccccc1C)C(CC)c1nc2ccccc2c(=O)n1-c1ccc(OC)cc1. The van der Waals surface area contributed by atoms with Crippen LogP contribution < -0.4 is 10.3 Å². The van der Waals surface area contributed by atoms with Crippen LogP contribution in [0.2, 0.25) is 0 Å². The molecule has 0 bridgehead atoms. The molecule has 4 rings (SSSR count). The molecule has 1 aromatic heterocycles. The molecule has 37 heavy (non-hydrogen) atoms. The number of methoxy groups -OCH3 is 1. The van der Waals surface area contributed by atoms with E-state index in [1.165, 1.54) is 0 Å². The van der Waals surface area contributed by atoms with Crippen molar-refractivity contribution >= 4 is 16.8 Å². The number of para-hydroxylation sites is 1. The van der Waals surface area contributed by atoms with Gasteiger partial charge in [0.15, 0.2) is 0 Å². The molecule has 192 valence electrons. The zero-order chi connectivity index (χ0) is 26.4. The molecular formula is C31H35N3O3. The van der Waals surface area contributed by atoms with Crippen LogP contribution >= 0.6 is 0 Å². The molecular weight excluding hydrogens is 462 g/mol. The first kappa shape index (κ1) is 26.1. The monoisotopic (exact) mass is 497 g/mol. The van der Waals surface area contributed by atoms with Crippen LogP contribution in [0, 0.1) is 6.92 Å². The molecule has 0 N–H and O–H groups in total. The summed E-state index contributed by atoms with van der Waals surface area (Å²) in [6.07, 6.45) is 3.56. The number of carbonyl (C=O) groups excluding carboxylic acids is 1. The van der Waals surface area contributed by atoms with Crippen LogP contribution in [0.25, 0.3) is 16.6 Å². The second kappa shape index (κ2) is 11.9. The van der Waals surface area contributed by atoms with E-state index >= 15 is 0 Å². The largest absolute Gasteiger partial charge is 0.497 e. The number of unbranched alkanes of at least 4 members (excludes halogenated alkanes) is 2. The number of aryl methyl sites for hydroxylation is 1. The summed E-state index contributed by atoms with van der Waals surface area (Å²) in [7, 11) is 1.61. The Balaban J connectivity index is 1.92. The lowest BCUT2D eigenvalue weighted by Crippen LogP contribution is -2.39. The zero-order valence-corrected chi connectivity index (χ0v) is 22.1. The predicted octanol–water partition coefficient (Wildman–Crippen LogP) is 6.49. The molecule has 1 unspecified atom stereocenters. The first-order valence-corrected chi connectivity index (χ1v) is 13.0. The summed E-state index contributed by atoms with van der Waals surface area (Å²) in [5, 5.41) is 0.541. The van der Waals surface area contributed by atoms with E-state index in [1.807, 2.05) is 85.5 Å². The Morgan fingerprint density at radius 3 is 2.35 bits per heavy atom. The number of rotatable bonds is 10. The van der Waals surface area contributed by atoms with Gasteiger partial charge < -0.3 is 9.64 Å². The van der Waals surface area contributed by atoms with Crippen molar-refractivity contribution in [2.75, 3.05) is 13.7 Å². The molecule has 0 saturated carbocycles. The van der Waals surface area contributed by atoms with E-state index in [4.69, 9.17) is 9.72 Å². The highest BCUT2D eigenvalue weighted by Gasteiger charge is 2.30. The third-order valence-corrected chi connectivity index (χ3v) is 6.83. The highest BCUT2D eigenvalue weighted by atomic mass is 16.5. The summed E-state index contributed by atoms with van der Waals surface area (Å²) in [5.41, 5.74) is 2.77. The van der Waals surface area contributed by atoms with Crippen molar-refractivity contribution in [3.8, 4) is 11.4 Å². The van der Waals surface area contributed by atoms with Gasteiger partial charge in [0.25, 0.3) is 11.5 Å². The zero-order valence-electron chi connectivity index (χ0n) is 22.1. The average Bonchev–Trinajstić information content (AvgIpc) is 2.93. The quantitative estimate of drug-likeness (QED) is 0.235. The lowest BCUT2D eigenvalue weighted by molar-refractivity contribution is 0.0654. The number of hydrogen-bond donors (Lipinski definition) is 0. The Bertz CT molecular complexity index is 1430. The van der Waals surface area contributed by atoms with Gasteiger partial charge in [-0.2, -0.15) is 0 Å². The minimum Gasteiger partial charge on any atom is -0.497 e. The highest BCUT2D eigenvalue weighted by Crippen LogP contribution is 2.29. The van der Waals surface area contributed by atoms with Crippen LogP contribution in [0.3, 0.4) is 0 Å². The Morgan fingerprint density at radius 1 is 0.973 bits per heavy atom. The van der Waals surface area contributed by atoms with Gasteiger partial charge in [-0.25, -0.2) is 4.98 Å². The van der Waals surface area contributed by atoms with Gasteiger partial charge in [0.05, 0.1) is 29.7 Å². The standard InChI is InChI=1S/C31H35N3O3/c1-5-7-12-21-33(30(35)25-14-9-8-13-22(25)3)28(6-2)29-32-27-16-11-10-15-26(27)31(36)34(29)23-17-19-24(37-4)20-18-23/h8-11,13-20,28H,5-7,12,21H2,1-4H3. The third-order valence-electron chi connectivity index (χ3n) is 6.83. The molecule has 1 atom stereocenters. The van der Waals surface area contributed by atoms with Crippen LogP contribution in [-0.4, -0.2) is 34.0 Å². The van der Waals surface area contributed by atoms with Crippen molar-refractivity contribution in [1.29, 1.82) is 0 Å². The highest BCUT2D eigenvalue weighted by molar-refractivity contribution is 5.96. The van der Waals surface area contributed by atoms with Crippen molar-refractivity contribution in [3.63, 3.8) is 0 Å². The molecule has 0 aliphatic heterocycles. The molecule has 3 aromatic carbocycles. The Kier molecular flexibility index (Phi) is 8.39. The number of carbonyl (C=O) groups is 1. The summed E-state index contributed by atoms with van der Waals surface area (Å²) in [4.78, 5) is 34.8. The maximum absolute atomic E-state index is 14.0. The lowest BCUT2D eigenvalue weighted by atomic mass is 10.0. The van der Waals surface area contributed by atoms with E-state index in [0.717, 1.165) is 24.8 Å². The van der Waals surface area contributed by atoms with Crippen molar-refractivity contribution < 1.29 is 9.53 Å². The lowest BCUT2D eigenvalue weighted by Gasteiger charge is -2.33. The smallest absolute Gasteiger partial charge is 0.266 e. The number of fused-ring (bicyclic) bond motifs is 1. The topological polar surface area (TPSA) is 64.4 Å². The van der Waals surface area contributed by atoms with Crippen molar-refractivity contribution in [1.82, 2.24) is 14.5 Å². The fourth-order valence-corrected chi connectivity index (χ4v) is 4.80. The van der Waals surface area contributed by atoms with E-state index in [-0.39, 0.29) is 17.5 Å². The fourth-order valence-electron chi connectivity index (χ4n) is 4.80. The third kappa shape index (κ3) is 5.43. The maximum Gasteiger partial charge on any atom is 0.266 e. The van der Waals surface area contributed by atoms with Gasteiger partial charge in [-0.1, -0.05) is 57.0 Å². The maximum atomic E-state index is 14.0. The van der Waals surface area contributed by atoms with Gasteiger partial charge in [0.1, 0.15) is 11.6 Å². The molecule has 0 saturated heterocycles. The van der Waals surface area contributed by atoms with Gasteiger partial charge >= 0.3 is 0 Å². The Hall–Kier alpha value is -3.93. The number of ether oxygens (including phenoxy) is 1. The average molecular weight is 498 g/mol. The predicted molar refractivity (Wildman–Crippen MR) is 149 cm³/mol. The summed E-state index contributed by atoms with van der Waals surface area (Å²) in [6.45, 7) is 6.74. The van der Waals surface area contributed by atoms with Crippen LogP contribution in [0.15, 0.2) is 77.6 Å². The number of aromatic nitrogens is 2. The molecule has 0 spiro atoms. The summed E-state index contributed by atoms with van der Waals surface area (Å²) >= 11 is 0. The first-order chi connectivity index (χ1) is 18.0. The van der Waals surface area contributed by atoms with Crippen LogP contribution in [0.4, 0.5) is 0 Å². The van der Waals surface area contributed by atoms with Gasteiger partial charge in [-0.3, -0.25) is 14.2 Å². The van der Waals surface area contributed by atoms with E-state index in [0.29, 0.717) is 46.7 Å². The Morgan fingerprint density at radius 2 is 1.68 bits per heavy atom. The van der Waals surface area contributed by atoms with E-state index in [9.17, 15) is 9.59 Å². The molecule has 6 nitrogen and oxygen atoms in total. The molecule has 1 heterocycles. The first-order valence-electron chi connectivity index (χ1n) is 13.0. The van der Waals surface area contributed by atoms with Crippen molar-refractivity contribution in [2.45, 2.75) is 52.5 Å². The van der Waals surface area contributed by atoms with Crippen molar-refractivity contribution in [2.24, 2.45) is 0 Å². The van der Waals surface area contributed by atoms with E-state index in [1.54, 1.807) is 17.7 Å². The van der Waals surface area contributed by atoms with Gasteiger partial charge in [-0.05, 0) is 67.8 Å². The number of nitrogens with zero attached hydrogens (tertiary/aromatic N) is 3. The molecule has 0 aliphatic carbocycles. The molecule has 6 heteroatoms. The minimum atomic E-state index is -0.386. The number of amides is 1. The number of hydrogen-bond acceptors (Lipinski definition) is 4.